The molecule has 0 saturated carbocycles. The number of fused-ring (bicyclic) bond motifs is 1. The highest BCUT2D eigenvalue weighted by molar-refractivity contribution is 6.37. The Bertz CT molecular complexity index is 397. The average molecular weight is 202 g/mol. The van der Waals surface area contributed by atoms with Crippen LogP contribution in [-0.2, 0) is 0 Å². The zero-order valence-electron chi connectivity index (χ0n) is 5.96. The van der Waals surface area contributed by atoms with Crippen molar-refractivity contribution in [1.29, 1.82) is 0 Å². The van der Waals surface area contributed by atoms with Crippen LogP contribution in [0.15, 0.2) is 24.3 Å². The molecule has 2 rings (SSSR count). The van der Waals surface area contributed by atoms with Gasteiger partial charge in [-0.3, -0.25) is 0 Å². The van der Waals surface area contributed by atoms with E-state index in [-0.39, 0.29) is 10.9 Å². The molecule has 0 fully saturated rings. The normalized spacial score (nSPS) is 10.8. The van der Waals surface area contributed by atoms with E-state index in [0.29, 0.717) is 10.9 Å². The summed E-state index contributed by atoms with van der Waals surface area (Å²) in [7, 11) is 0. The Morgan fingerprint density at radius 2 is 1.92 bits per heavy atom. The van der Waals surface area contributed by atoms with Crippen LogP contribution in [0.25, 0.3) is 10.9 Å². The number of hydrogen-bond donors (Lipinski definition) is 1. The van der Waals surface area contributed by atoms with Gasteiger partial charge in [0.2, 0.25) is 0 Å². The van der Waals surface area contributed by atoms with Crippen LogP contribution < -0.4 is 0 Å². The molecule has 0 aliphatic carbocycles. The smallest absolute Gasteiger partial charge is 0.167 e. The predicted molar refractivity (Wildman–Crippen MR) is 49.9 cm³/mol. The molecule has 0 bridgehead atoms. The van der Waals surface area contributed by atoms with E-state index >= 15 is 0 Å². The second-order valence-electron chi connectivity index (χ2n) is 2.44. The highest BCUT2D eigenvalue weighted by atomic mass is 35.5. The van der Waals surface area contributed by atoms with Crippen LogP contribution >= 0.6 is 23.4 Å². The van der Waals surface area contributed by atoms with Crippen molar-refractivity contribution in [2.45, 2.75) is 0 Å². The monoisotopic (exact) mass is 201 g/mol. The van der Waals surface area contributed by atoms with E-state index in [2.05, 4.69) is 0 Å². The lowest BCUT2D eigenvalue weighted by molar-refractivity contribution is 0.481. The summed E-state index contributed by atoms with van der Waals surface area (Å²) in [6.45, 7) is 0. The summed E-state index contributed by atoms with van der Waals surface area (Å²) < 4.78 is 1.23. The van der Waals surface area contributed by atoms with E-state index in [9.17, 15) is 5.11 Å². The van der Waals surface area contributed by atoms with Crippen LogP contribution in [0.3, 0.4) is 0 Å². The van der Waals surface area contributed by atoms with Gasteiger partial charge in [-0.25, -0.2) is 4.09 Å². The molecule has 0 unspecified atom stereocenters. The molecular formula is C8H5Cl2NO. The lowest BCUT2D eigenvalue weighted by Gasteiger charge is -1.90. The summed E-state index contributed by atoms with van der Waals surface area (Å²) in [4.78, 5) is 0. The molecule has 1 aromatic heterocycles. The maximum Gasteiger partial charge on any atom is 0.167 e. The van der Waals surface area contributed by atoms with Crippen molar-refractivity contribution in [2.75, 3.05) is 0 Å². The molecule has 62 valence electrons. The van der Waals surface area contributed by atoms with E-state index in [1.54, 1.807) is 12.1 Å². The van der Waals surface area contributed by atoms with Crippen molar-refractivity contribution >= 4 is 34.3 Å². The Balaban J connectivity index is 2.99. The van der Waals surface area contributed by atoms with E-state index in [0.717, 1.165) is 0 Å². The van der Waals surface area contributed by atoms with Crippen LogP contribution in [0.2, 0.25) is 5.15 Å². The van der Waals surface area contributed by atoms with E-state index in [1.807, 2.05) is 12.1 Å². The number of aromatic nitrogens is 1. The maximum absolute atomic E-state index is 9.44. The van der Waals surface area contributed by atoms with Gasteiger partial charge in [0.25, 0.3) is 0 Å². The summed E-state index contributed by atoms with van der Waals surface area (Å²) in [6.07, 6.45) is 0. The van der Waals surface area contributed by atoms with Crippen molar-refractivity contribution in [2.24, 2.45) is 0 Å². The Labute approximate surface area is 79.0 Å². The van der Waals surface area contributed by atoms with Crippen LogP contribution in [0.4, 0.5) is 0 Å². The zero-order chi connectivity index (χ0) is 8.72. The lowest BCUT2D eigenvalue weighted by atomic mass is 10.2. The summed E-state index contributed by atoms with van der Waals surface area (Å²) >= 11 is 11.5. The average Bonchev–Trinajstić information content (AvgIpc) is 2.33. The number of aromatic hydroxyl groups is 1. The van der Waals surface area contributed by atoms with Crippen molar-refractivity contribution in [3.8, 4) is 5.75 Å². The molecule has 2 aromatic rings. The van der Waals surface area contributed by atoms with Crippen LogP contribution in [0.1, 0.15) is 0 Å². The number of halogens is 2. The summed E-state index contributed by atoms with van der Waals surface area (Å²) in [6, 6.07) is 7.19. The first-order valence-electron chi connectivity index (χ1n) is 3.36. The van der Waals surface area contributed by atoms with Gasteiger partial charge < -0.3 is 5.11 Å². The van der Waals surface area contributed by atoms with E-state index in [4.69, 9.17) is 23.4 Å². The van der Waals surface area contributed by atoms with E-state index < -0.39 is 0 Å². The van der Waals surface area contributed by atoms with Crippen molar-refractivity contribution in [3.63, 3.8) is 0 Å². The van der Waals surface area contributed by atoms with E-state index in [1.165, 1.54) is 4.09 Å². The quantitative estimate of drug-likeness (QED) is 0.697. The SMILES string of the molecule is Oc1c(Cl)n(Cl)c2ccccc12. The topological polar surface area (TPSA) is 25.2 Å². The number of para-hydroxylation sites is 1. The van der Waals surface area contributed by atoms with Gasteiger partial charge in [0.1, 0.15) is 0 Å². The Morgan fingerprint density at radius 3 is 2.58 bits per heavy atom. The molecule has 4 heteroatoms. The third-order valence-corrected chi connectivity index (χ3v) is 2.52. The fourth-order valence-corrected chi connectivity index (χ4v) is 1.58. The standard InChI is InChI=1S/C8H5Cl2NO/c9-8-7(12)5-3-1-2-4-6(5)11(8)10/h1-4,12H. The third kappa shape index (κ3) is 0.886. The Morgan fingerprint density at radius 1 is 1.25 bits per heavy atom. The van der Waals surface area contributed by atoms with Gasteiger partial charge in [0, 0.05) is 17.2 Å². The molecule has 1 aromatic carbocycles. The van der Waals surface area contributed by atoms with Crippen molar-refractivity contribution in [1.82, 2.24) is 4.09 Å². The lowest BCUT2D eigenvalue weighted by Crippen LogP contribution is -1.76. The van der Waals surface area contributed by atoms with Gasteiger partial charge in [-0.1, -0.05) is 23.7 Å². The van der Waals surface area contributed by atoms with Gasteiger partial charge in [0.15, 0.2) is 10.9 Å². The largest absolute Gasteiger partial charge is 0.504 e. The van der Waals surface area contributed by atoms with Gasteiger partial charge in [-0.15, -0.1) is 0 Å². The fourth-order valence-electron chi connectivity index (χ4n) is 1.15. The minimum atomic E-state index is 0.0299. The molecule has 0 atom stereocenters. The first-order valence-corrected chi connectivity index (χ1v) is 4.07. The van der Waals surface area contributed by atoms with Gasteiger partial charge in [0.05, 0.1) is 5.52 Å². The number of hydrogen-bond acceptors (Lipinski definition) is 1. The zero-order valence-corrected chi connectivity index (χ0v) is 7.47. The summed E-state index contributed by atoms with van der Waals surface area (Å²) in [5.41, 5.74) is 0.710. The first kappa shape index (κ1) is 7.77. The van der Waals surface area contributed by atoms with Crippen molar-refractivity contribution in [3.05, 3.63) is 29.4 Å². The molecule has 1 N–H and O–H groups in total. The maximum atomic E-state index is 9.44. The van der Waals surface area contributed by atoms with Crippen molar-refractivity contribution < 1.29 is 5.11 Å². The second-order valence-corrected chi connectivity index (χ2v) is 3.13. The first-order chi connectivity index (χ1) is 5.72. The molecule has 0 aliphatic rings. The van der Waals surface area contributed by atoms with Gasteiger partial charge in [-0.05, 0) is 12.1 Å². The molecule has 0 radical (unpaired) electrons. The van der Waals surface area contributed by atoms with Gasteiger partial charge in [-0.2, -0.15) is 0 Å². The highest BCUT2D eigenvalue weighted by Gasteiger charge is 2.12. The molecule has 1 heterocycles. The summed E-state index contributed by atoms with van der Waals surface area (Å²) in [5, 5.41) is 10.3. The molecule has 0 aliphatic heterocycles. The number of benzene rings is 1. The molecule has 12 heavy (non-hydrogen) atoms. The fraction of sp³-hybridized carbons (Fsp3) is 0. The molecular weight excluding hydrogens is 197 g/mol. The molecule has 0 saturated heterocycles. The molecule has 0 amide bonds. The Hall–Kier alpha value is -0.860. The second kappa shape index (κ2) is 2.57. The minimum Gasteiger partial charge on any atom is -0.504 e. The predicted octanol–water partition coefficient (Wildman–Crippen LogP) is 3.00. The van der Waals surface area contributed by atoms with Crippen LogP contribution in [-0.4, -0.2) is 9.19 Å². The Kier molecular flexibility index (Phi) is 1.67. The molecule has 2 nitrogen and oxygen atoms in total. The number of nitrogens with zero attached hydrogens (tertiary/aromatic N) is 1. The van der Waals surface area contributed by atoms with Gasteiger partial charge >= 0.3 is 0 Å². The van der Waals surface area contributed by atoms with Crippen LogP contribution in [0.5, 0.6) is 5.75 Å². The molecule has 0 spiro atoms. The highest BCUT2D eigenvalue weighted by Crippen LogP contribution is 2.35. The minimum absolute atomic E-state index is 0.0299. The third-order valence-electron chi connectivity index (χ3n) is 1.74. The van der Waals surface area contributed by atoms with Crippen LogP contribution in [0, 0.1) is 0 Å². The number of rotatable bonds is 0. The summed E-state index contributed by atoms with van der Waals surface area (Å²) in [5.74, 6) is 0.0299.